The highest BCUT2D eigenvalue weighted by molar-refractivity contribution is 5.85. The van der Waals surface area contributed by atoms with Crippen LogP contribution >= 0.6 is 12.4 Å². The zero-order valence-corrected chi connectivity index (χ0v) is 15.4. The molecule has 1 N–H and O–H groups in total. The van der Waals surface area contributed by atoms with Gasteiger partial charge in [0.15, 0.2) is 0 Å². The van der Waals surface area contributed by atoms with Crippen molar-refractivity contribution in [2.24, 2.45) is 5.92 Å². The lowest BCUT2D eigenvalue weighted by molar-refractivity contribution is -0.152. The predicted octanol–water partition coefficient (Wildman–Crippen LogP) is 3.14. The second-order valence-electron chi connectivity index (χ2n) is 7.55. The van der Waals surface area contributed by atoms with Crippen LogP contribution in [-0.2, 0) is 9.53 Å². The number of carbonyl (C=O) groups excluding carboxylic acids is 1. The molecule has 4 nitrogen and oxygen atoms in total. The normalized spacial score (nSPS) is 35.3. The molecule has 3 rings (SSSR count). The van der Waals surface area contributed by atoms with Gasteiger partial charge in [0, 0.05) is 18.6 Å². The van der Waals surface area contributed by atoms with Crippen LogP contribution in [0, 0.1) is 5.92 Å². The van der Waals surface area contributed by atoms with Crippen molar-refractivity contribution >= 4 is 18.3 Å². The highest BCUT2D eigenvalue weighted by Gasteiger charge is 2.41. The van der Waals surface area contributed by atoms with Crippen LogP contribution in [0.25, 0.3) is 0 Å². The van der Waals surface area contributed by atoms with E-state index in [9.17, 15) is 4.79 Å². The van der Waals surface area contributed by atoms with E-state index in [-0.39, 0.29) is 24.4 Å². The van der Waals surface area contributed by atoms with Gasteiger partial charge < -0.3 is 15.0 Å². The van der Waals surface area contributed by atoms with Crippen LogP contribution in [0.1, 0.15) is 65.2 Å². The minimum atomic E-state index is -0.225. The molecular weight excluding hydrogens is 312 g/mol. The molecule has 3 fully saturated rings. The summed E-state index contributed by atoms with van der Waals surface area (Å²) < 4.78 is 6.28. The lowest BCUT2D eigenvalue weighted by Crippen LogP contribution is -2.49. The molecule has 5 heteroatoms. The molecule has 0 spiro atoms. The Morgan fingerprint density at radius 3 is 2.74 bits per heavy atom. The van der Waals surface area contributed by atoms with Crippen LogP contribution in [0.4, 0.5) is 0 Å². The van der Waals surface area contributed by atoms with Crippen molar-refractivity contribution in [3.63, 3.8) is 0 Å². The smallest absolute Gasteiger partial charge is 0.252 e. The van der Waals surface area contributed by atoms with Gasteiger partial charge in [-0.05, 0) is 51.0 Å². The molecular formula is C18H33ClN2O2. The number of carbonyl (C=O) groups is 1. The fourth-order valence-electron chi connectivity index (χ4n) is 4.57. The van der Waals surface area contributed by atoms with Gasteiger partial charge in [-0.2, -0.15) is 0 Å². The Bertz CT molecular complexity index is 379. The maximum atomic E-state index is 13.1. The minimum Gasteiger partial charge on any atom is -0.365 e. The lowest BCUT2D eigenvalue weighted by atomic mass is 9.88. The quantitative estimate of drug-likeness (QED) is 0.851. The molecule has 0 aromatic rings. The monoisotopic (exact) mass is 344 g/mol. The van der Waals surface area contributed by atoms with Crippen molar-refractivity contribution in [2.75, 3.05) is 13.1 Å². The second kappa shape index (κ2) is 8.68. The third-order valence-electron chi connectivity index (χ3n) is 5.80. The molecule has 5 atom stereocenters. The summed E-state index contributed by atoms with van der Waals surface area (Å²) in [5.41, 5.74) is 0. The van der Waals surface area contributed by atoms with E-state index in [1.165, 1.54) is 19.3 Å². The van der Waals surface area contributed by atoms with Crippen molar-refractivity contribution in [1.82, 2.24) is 10.2 Å². The summed E-state index contributed by atoms with van der Waals surface area (Å²) in [5.74, 6) is 1.00. The van der Waals surface area contributed by atoms with Crippen LogP contribution < -0.4 is 5.32 Å². The maximum absolute atomic E-state index is 13.1. The van der Waals surface area contributed by atoms with E-state index in [0.29, 0.717) is 18.2 Å². The first-order chi connectivity index (χ1) is 10.7. The molecule has 2 saturated heterocycles. The SMILES string of the molecule is CCC(OC1CCCC(C)C1)C(=O)N1C2CCNCC1CC2.Cl. The number of ether oxygens (including phenoxy) is 1. The number of nitrogens with one attached hydrogen (secondary N) is 1. The number of amides is 1. The van der Waals surface area contributed by atoms with Crippen LogP contribution in [0.3, 0.4) is 0 Å². The van der Waals surface area contributed by atoms with Gasteiger partial charge in [0.25, 0.3) is 5.91 Å². The first kappa shape index (κ1) is 19.0. The molecule has 2 bridgehead atoms. The van der Waals surface area contributed by atoms with E-state index < -0.39 is 0 Å². The fourth-order valence-corrected chi connectivity index (χ4v) is 4.57. The second-order valence-corrected chi connectivity index (χ2v) is 7.55. The largest absolute Gasteiger partial charge is 0.365 e. The van der Waals surface area contributed by atoms with E-state index >= 15 is 0 Å². The number of nitrogens with zero attached hydrogens (tertiary/aromatic N) is 1. The van der Waals surface area contributed by atoms with Gasteiger partial charge in [-0.3, -0.25) is 4.79 Å². The van der Waals surface area contributed by atoms with Crippen LogP contribution in [0.2, 0.25) is 0 Å². The van der Waals surface area contributed by atoms with Crippen molar-refractivity contribution < 1.29 is 9.53 Å². The Morgan fingerprint density at radius 2 is 2.00 bits per heavy atom. The summed E-state index contributed by atoms with van der Waals surface area (Å²) in [7, 11) is 0. The van der Waals surface area contributed by atoms with Gasteiger partial charge in [0.05, 0.1) is 6.10 Å². The summed E-state index contributed by atoms with van der Waals surface area (Å²) >= 11 is 0. The third-order valence-corrected chi connectivity index (χ3v) is 5.80. The zero-order chi connectivity index (χ0) is 15.5. The zero-order valence-electron chi connectivity index (χ0n) is 14.6. The molecule has 1 saturated carbocycles. The number of hydrogen-bond donors (Lipinski definition) is 1. The first-order valence-electron chi connectivity index (χ1n) is 9.37. The van der Waals surface area contributed by atoms with Crippen molar-refractivity contribution in [3.05, 3.63) is 0 Å². The molecule has 23 heavy (non-hydrogen) atoms. The van der Waals surface area contributed by atoms with Gasteiger partial charge in [0.1, 0.15) is 6.10 Å². The Kier molecular flexibility index (Phi) is 7.18. The maximum Gasteiger partial charge on any atom is 0.252 e. The molecule has 1 amide bonds. The molecule has 0 aromatic carbocycles. The Balaban J connectivity index is 0.00000192. The minimum absolute atomic E-state index is 0. The van der Waals surface area contributed by atoms with Gasteiger partial charge in [-0.25, -0.2) is 0 Å². The van der Waals surface area contributed by atoms with E-state index in [0.717, 1.165) is 51.1 Å². The lowest BCUT2D eigenvalue weighted by Gasteiger charge is -2.34. The number of rotatable bonds is 4. The summed E-state index contributed by atoms with van der Waals surface area (Å²) in [4.78, 5) is 15.3. The number of hydrogen-bond acceptors (Lipinski definition) is 3. The van der Waals surface area contributed by atoms with E-state index in [1.807, 2.05) is 0 Å². The predicted molar refractivity (Wildman–Crippen MR) is 95.0 cm³/mol. The summed E-state index contributed by atoms with van der Waals surface area (Å²) in [6, 6.07) is 0.832. The first-order valence-corrected chi connectivity index (χ1v) is 9.37. The van der Waals surface area contributed by atoms with E-state index in [1.54, 1.807) is 0 Å². The molecule has 1 aliphatic carbocycles. The Labute approximate surface area is 147 Å². The topological polar surface area (TPSA) is 41.6 Å². The molecule has 2 aliphatic heterocycles. The van der Waals surface area contributed by atoms with Gasteiger partial charge >= 0.3 is 0 Å². The highest BCUT2D eigenvalue weighted by Crippen LogP contribution is 2.31. The van der Waals surface area contributed by atoms with E-state index in [4.69, 9.17) is 4.74 Å². The van der Waals surface area contributed by atoms with Crippen molar-refractivity contribution in [2.45, 2.75) is 89.5 Å². The molecule has 5 unspecified atom stereocenters. The molecule has 0 aromatic heterocycles. The highest BCUT2D eigenvalue weighted by atomic mass is 35.5. The van der Waals surface area contributed by atoms with E-state index in [2.05, 4.69) is 24.1 Å². The number of halogens is 1. The third kappa shape index (κ3) is 4.40. The number of fused-ring (bicyclic) bond motifs is 2. The molecule has 3 aliphatic rings. The average Bonchev–Trinajstić information content (AvgIpc) is 2.77. The van der Waals surface area contributed by atoms with Crippen molar-refractivity contribution in [1.29, 1.82) is 0 Å². The standard InChI is InChI=1S/C18H32N2O2.ClH/c1-3-17(22-16-6-4-5-13(2)11-16)18(21)20-14-7-8-15(20)12-19-10-9-14;/h13-17,19H,3-12H2,1-2H3;1H. The summed E-state index contributed by atoms with van der Waals surface area (Å²) in [5, 5.41) is 3.47. The van der Waals surface area contributed by atoms with Gasteiger partial charge in [0.2, 0.25) is 0 Å². The molecule has 0 radical (unpaired) electrons. The Hall–Kier alpha value is -0.320. The van der Waals surface area contributed by atoms with Crippen LogP contribution in [-0.4, -0.2) is 48.2 Å². The fraction of sp³-hybridized carbons (Fsp3) is 0.944. The van der Waals surface area contributed by atoms with Crippen molar-refractivity contribution in [3.8, 4) is 0 Å². The summed E-state index contributed by atoms with van der Waals surface area (Å²) in [6.07, 6.45) is 9.10. The molecule has 134 valence electrons. The summed E-state index contributed by atoms with van der Waals surface area (Å²) in [6.45, 7) is 6.40. The van der Waals surface area contributed by atoms with Gasteiger partial charge in [-0.15, -0.1) is 12.4 Å². The van der Waals surface area contributed by atoms with Gasteiger partial charge in [-0.1, -0.05) is 26.7 Å². The molecule has 2 heterocycles. The average molecular weight is 345 g/mol. The van der Waals surface area contributed by atoms with Crippen LogP contribution in [0.15, 0.2) is 0 Å². The Morgan fingerprint density at radius 1 is 1.22 bits per heavy atom. The van der Waals surface area contributed by atoms with Crippen LogP contribution in [0.5, 0.6) is 0 Å².